The molecule has 1 aliphatic heterocycles. The van der Waals surface area contributed by atoms with Gasteiger partial charge in [0.15, 0.2) is 0 Å². The molecule has 2 atom stereocenters. The molecule has 0 amide bonds. The molecule has 2 heterocycles. The predicted molar refractivity (Wildman–Crippen MR) is 99.1 cm³/mol. The molecule has 1 N–H and O–H groups in total. The lowest BCUT2D eigenvalue weighted by molar-refractivity contribution is -0.0260. The van der Waals surface area contributed by atoms with Crippen molar-refractivity contribution in [3.05, 3.63) is 46.8 Å². The molecule has 5 nitrogen and oxygen atoms in total. The Morgan fingerprint density at radius 1 is 1.23 bits per heavy atom. The van der Waals surface area contributed by atoms with Gasteiger partial charge >= 0.3 is 0 Å². The topological polar surface area (TPSA) is 58.7 Å². The zero-order valence-corrected chi connectivity index (χ0v) is 15.7. The zero-order chi connectivity index (χ0) is 18.1. The van der Waals surface area contributed by atoms with Crippen molar-refractivity contribution < 1.29 is 14.4 Å². The summed E-state index contributed by atoms with van der Waals surface area (Å²) in [6, 6.07) is 7.83. The van der Waals surface area contributed by atoms with Crippen LogP contribution in [0.4, 0.5) is 0 Å². The molecule has 0 bridgehead atoms. The second-order valence-corrected chi connectivity index (χ2v) is 7.74. The van der Waals surface area contributed by atoms with Gasteiger partial charge in [-0.2, -0.15) is 0 Å². The first kappa shape index (κ1) is 17.6. The summed E-state index contributed by atoms with van der Waals surface area (Å²) in [5.74, 6) is 1.88. The van der Waals surface area contributed by atoms with Crippen molar-refractivity contribution in [3.63, 3.8) is 0 Å². The summed E-state index contributed by atoms with van der Waals surface area (Å²) >= 11 is 0. The van der Waals surface area contributed by atoms with Crippen molar-refractivity contribution >= 4 is 0 Å². The fourth-order valence-corrected chi connectivity index (χ4v) is 4.54. The number of ether oxygens (including phenoxy) is 1. The number of aryl methyl sites for hydroxylation is 1. The van der Waals surface area contributed by atoms with Crippen LogP contribution in [0.2, 0.25) is 0 Å². The normalized spacial score (nSPS) is 22.8. The van der Waals surface area contributed by atoms with E-state index in [4.69, 9.17) is 9.26 Å². The summed E-state index contributed by atoms with van der Waals surface area (Å²) < 4.78 is 10.8. The third kappa shape index (κ3) is 3.14. The van der Waals surface area contributed by atoms with E-state index in [0.717, 1.165) is 61.5 Å². The number of hydrogen-bond donors (Lipinski definition) is 1. The van der Waals surface area contributed by atoms with Gasteiger partial charge in [-0.1, -0.05) is 17.3 Å². The number of rotatable bonds is 5. The molecule has 1 aliphatic carbocycles. The van der Waals surface area contributed by atoms with Crippen molar-refractivity contribution in [2.24, 2.45) is 0 Å². The molecule has 0 saturated carbocycles. The fourth-order valence-electron chi connectivity index (χ4n) is 4.54. The minimum absolute atomic E-state index is 0.0758. The summed E-state index contributed by atoms with van der Waals surface area (Å²) in [6.07, 6.45) is 6.57. The second kappa shape index (κ2) is 7.05. The Kier molecular flexibility index (Phi) is 4.76. The van der Waals surface area contributed by atoms with Crippen LogP contribution >= 0.6 is 0 Å². The standard InChI is InChI=1S/C21H28N2O3/c1-21(24,15-9-11-16(25-2)12-10-15)20-8-5-13-23(20)14-18-17-6-3-4-7-19(17)26-22-18/h9-12,20,24H,3-8,13-14H2,1-2H3/t20-,21-/m0/s1. The van der Waals surface area contributed by atoms with Crippen LogP contribution in [0.3, 0.4) is 0 Å². The zero-order valence-electron chi connectivity index (χ0n) is 15.7. The molecular formula is C21H28N2O3. The van der Waals surface area contributed by atoms with Crippen LogP contribution in [-0.4, -0.2) is 34.9 Å². The van der Waals surface area contributed by atoms with E-state index < -0.39 is 5.60 Å². The molecule has 26 heavy (non-hydrogen) atoms. The monoisotopic (exact) mass is 356 g/mol. The van der Waals surface area contributed by atoms with Gasteiger partial charge in [-0.05, 0) is 63.3 Å². The van der Waals surface area contributed by atoms with Crippen LogP contribution in [0.15, 0.2) is 28.8 Å². The average Bonchev–Trinajstić information content (AvgIpc) is 3.30. The second-order valence-electron chi connectivity index (χ2n) is 7.74. The smallest absolute Gasteiger partial charge is 0.140 e. The molecule has 5 heteroatoms. The third-order valence-corrected chi connectivity index (χ3v) is 6.07. The van der Waals surface area contributed by atoms with E-state index in [-0.39, 0.29) is 6.04 Å². The van der Waals surface area contributed by atoms with Crippen molar-refractivity contribution in [1.82, 2.24) is 10.1 Å². The average molecular weight is 356 g/mol. The lowest BCUT2D eigenvalue weighted by Gasteiger charge is -2.37. The molecule has 0 radical (unpaired) electrons. The highest BCUT2D eigenvalue weighted by Crippen LogP contribution is 2.37. The Hall–Kier alpha value is -1.85. The summed E-state index contributed by atoms with van der Waals surface area (Å²) in [7, 11) is 1.66. The lowest BCUT2D eigenvalue weighted by Crippen LogP contribution is -2.45. The Morgan fingerprint density at radius 2 is 2.00 bits per heavy atom. The number of methoxy groups -OCH3 is 1. The van der Waals surface area contributed by atoms with E-state index in [1.807, 2.05) is 31.2 Å². The number of fused-ring (bicyclic) bond motifs is 1. The molecule has 0 unspecified atom stereocenters. The van der Waals surface area contributed by atoms with E-state index in [1.54, 1.807) is 7.11 Å². The SMILES string of the molecule is COc1ccc([C@](C)(O)[C@@H]2CCCN2Cc2noc3c2CCCC3)cc1. The summed E-state index contributed by atoms with van der Waals surface area (Å²) in [5.41, 5.74) is 2.40. The highest BCUT2D eigenvalue weighted by molar-refractivity contribution is 5.32. The van der Waals surface area contributed by atoms with Crippen LogP contribution in [0.1, 0.15) is 55.2 Å². The highest BCUT2D eigenvalue weighted by Gasteiger charge is 2.41. The number of hydrogen-bond acceptors (Lipinski definition) is 5. The lowest BCUT2D eigenvalue weighted by atomic mass is 9.86. The fraction of sp³-hybridized carbons (Fsp3) is 0.571. The van der Waals surface area contributed by atoms with Gasteiger partial charge in [-0.25, -0.2) is 0 Å². The molecular weight excluding hydrogens is 328 g/mol. The first-order valence-corrected chi connectivity index (χ1v) is 9.67. The Morgan fingerprint density at radius 3 is 2.77 bits per heavy atom. The Labute approximate surface area is 154 Å². The van der Waals surface area contributed by atoms with Gasteiger partial charge in [0, 0.05) is 24.6 Å². The molecule has 2 aliphatic rings. The van der Waals surface area contributed by atoms with E-state index in [1.165, 1.54) is 18.4 Å². The van der Waals surface area contributed by atoms with Gasteiger partial charge in [0.1, 0.15) is 22.8 Å². The molecule has 4 rings (SSSR count). The summed E-state index contributed by atoms with van der Waals surface area (Å²) in [5, 5.41) is 15.7. The summed E-state index contributed by atoms with van der Waals surface area (Å²) in [6.45, 7) is 3.67. The minimum atomic E-state index is -0.910. The molecule has 1 aromatic carbocycles. The minimum Gasteiger partial charge on any atom is -0.497 e. The van der Waals surface area contributed by atoms with Gasteiger partial charge in [0.2, 0.25) is 0 Å². The number of nitrogens with zero attached hydrogens (tertiary/aromatic N) is 2. The first-order valence-electron chi connectivity index (χ1n) is 9.67. The van der Waals surface area contributed by atoms with Gasteiger partial charge in [0.05, 0.1) is 7.11 Å². The number of likely N-dealkylation sites (tertiary alicyclic amines) is 1. The maximum absolute atomic E-state index is 11.4. The highest BCUT2D eigenvalue weighted by atomic mass is 16.5. The van der Waals surface area contributed by atoms with Gasteiger partial charge < -0.3 is 14.4 Å². The van der Waals surface area contributed by atoms with Crippen LogP contribution in [0, 0.1) is 0 Å². The van der Waals surface area contributed by atoms with Crippen molar-refractivity contribution in [2.45, 2.75) is 63.6 Å². The van der Waals surface area contributed by atoms with E-state index >= 15 is 0 Å². The Bertz CT molecular complexity index is 751. The quantitative estimate of drug-likeness (QED) is 0.889. The summed E-state index contributed by atoms with van der Waals surface area (Å²) in [4.78, 5) is 2.37. The van der Waals surface area contributed by atoms with E-state index in [9.17, 15) is 5.11 Å². The van der Waals surface area contributed by atoms with Crippen LogP contribution in [-0.2, 0) is 25.0 Å². The first-order chi connectivity index (χ1) is 12.6. The van der Waals surface area contributed by atoms with Gasteiger partial charge in [-0.3, -0.25) is 4.90 Å². The van der Waals surface area contributed by atoms with Crippen LogP contribution < -0.4 is 4.74 Å². The Balaban J connectivity index is 1.54. The van der Waals surface area contributed by atoms with E-state index in [2.05, 4.69) is 10.1 Å². The third-order valence-electron chi connectivity index (χ3n) is 6.07. The van der Waals surface area contributed by atoms with E-state index in [0.29, 0.717) is 0 Å². The number of benzene rings is 1. The number of aromatic nitrogens is 1. The molecule has 1 fully saturated rings. The van der Waals surface area contributed by atoms with Gasteiger partial charge in [-0.15, -0.1) is 0 Å². The maximum atomic E-state index is 11.4. The predicted octanol–water partition coefficient (Wildman–Crippen LogP) is 3.43. The van der Waals surface area contributed by atoms with Crippen LogP contribution in [0.5, 0.6) is 5.75 Å². The number of aliphatic hydroxyl groups is 1. The van der Waals surface area contributed by atoms with Crippen molar-refractivity contribution in [3.8, 4) is 5.75 Å². The molecule has 1 aromatic heterocycles. The molecule has 0 spiro atoms. The van der Waals surface area contributed by atoms with Crippen molar-refractivity contribution in [1.29, 1.82) is 0 Å². The largest absolute Gasteiger partial charge is 0.497 e. The van der Waals surface area contributed by atoms with Gasteiger partial charge in [0.25, 0.3) is 0 Å². The van der Waals surface area contributed by atoms with Crippen LogP contribution in [0.25, 0.3) is 0 Å². The maximum Gasteiger partial charge on any atom is 0.140 e. The molecule has 140 valence electrons. The van der Waals surface area contributed by atoms with Crippen molar-refractivity contribution in [2.75, 3.05) is 13.7 Å². The molecule has 1 saturated heterocycles. The molecule has 2 aromatic rings.